The number of rotatable bonds is 5. The summed E-state index contributed by atoms with van der Waals surface area (Å²) in [7, 11) is 4.95. The molecule has 4 heteroatoms. The number of hydrogen-bond donors (Lipinski definition) is 0. The second-order valence-corrected chi connectivity index (χ2v) is 5.23. The highest BCUT2D eigenvalue weighted by atomic mass is 16.5. The molecule has 0 aliphatic heterocycles. The average molecular weight is 321 g/mol. The maximum atomic E-state index is 5.34. The molecular formula is C20H19NO3. The molecule has 0 atom stereocenters. The van der Waals surface area contributed by atoms with Crippen LogP contribution in [0.15, 0.2) is 60.8 Å². The topological polar surface area (TPSA) is 40.6 Å². The summed E-state index contributed by atoms with van der Waals surface area (Å²) in [5.41, 5.74) is 3.96. The van der Waals surface area contributed by atoms with E-state index in [1.54, 1.807) is 27.5 Å². The molecule has 0 N–H and O–H groups in total. The molecule has 0 bridgehead atoms. The van der Waals surface area contributed by atoms with E-state index in [4.69, 9.17) is 14.2 Å². The Labute approximate surface area is 141 Å². The van der Waals surface area contributed by atoms with Gasteiger partial charge >= 0.3 is 0 Å². The molecule has 2 aromatic carbocycles. The van der Waals surface area contributed by atoms with E-state index in [0.29, 0.717) is 0 Å². The molecule has 0 aliphatic rings. The quantitative estimate of drug-likeness (QED) is 0.696. The van der Waals surface area contributed by atoms with Crippen molar-refractivity contribution in [1.82, 2.24) is 4.98 Å². The van der Waals surface area contributed by atoms with Gasteiger partial charge in [0.2, 0.25) is 0 Å². The van der Waals surface area contributed by atoms with Crippen LogP contribution in [0.25, 0.3) is 22.4 Å². The zero-order valence-corrected chi connectivity index (χ0v) is 13.9. The van der Waals surface area contributed by atoms with Gasteiger partial charge in [0.05, 0.1) is 33.2 Å². The third kappa shape index (κ3) is 3.18. The van der Waals surface area contributed by atoms with Crippen LogP contribution in [0.5, 0.6) is 17.2 Å². The molecule has 3 rings (SSSR count). The predicted octanol–water partition coefficient (Wildman–Crippen LogP) is 4.44. The molecule has 0 fully saturated rings. The molecule has 24 heavy (non-hydrogen) atoms. The maximum absolute atomic E-state index is 5.34. The number of methoxy groups -OCH3 is 3. The van der Waals surface area contributed by atoms with E-state index in [2.05, 4.69) is 4.98 Å². The summed E-state index contributed by atoms with van der Waals surface area (Å²) in [5, 5.41) is 0. The molecule has 0 amide bonds. The highest BCUT2D eigenvalue weighted by molar-refractivity contribution is 5.81. The van der Waals surface area contributed by atoms with Gasteiger partial charge in [-0.3, -0.25) is 4.98 Å². The summed E-state index contributed by atoms with van der Waals surface area (Å²) in [6.07, 6.45) is 1.73. The van der Waals surface area contributed by atoms with E-state index in [-0.39, 0.29) is 0 Å². The van der Waals surface area contributed by atoms with Gasteiger partial charge in [0.25, 0.3) is 0 Å². The Morgan fingerprint density at radius 1 is 0.625 bits per heavy atom. The Morgan fingerprint density at radius 2 is 1.12 bits per heavy atom. The molecule has 0 unspecified atom stereocenters. The summed E-state index contributed by atoms with van der Waals surface area (Å²) in [5.74, 6) is 2.36. The van der Waals surface area contributed by atoms with Crippen LogP contribution in [0.2, 0.25) is 0 Å². The molecule has 1 aromatic heterocycles. The van der Waals surface area contributed by atoms with Crippen LogP contribution in [0, 0.1) is 0 Å². The summed E-state index contributed by atoms with van der Waals surface area (Å²) in [6.45, 7) is 0. The standard InChI is InChI=1S/C20H19NO3/c1-22-16-8-4-14(5-9-16)19-12-18(24-3)13-21-20(19)15-6-10-17(23-2)11-7-15/h4-13H,1-3H3. The van der Waals surface area contributed by atoms with Crippen molar-refractivity contribution in [1.29, 1.82) is 0 Å². The summed E-state index contributed by atoms with van der Waals surface area (Å²) >= 11 is 0. The number of nitrogens with zero attached hydrogens (tertiary/aromatic N) is 1. The maximum Gasteiger partial charge on any atom is 0.137 e. The lowest BCUT2D eigenvalue weighted by molar-refractivity contribution is 0.413. The van der Waals surface area contributed by atoms with Crippen molar-refractivity contribution < 1.29 is 14.2 Å². The fourth-order valence-electron chi connectivity index (χ4n) is 2.53. The van der Waals surface area contributed by atoms with Gasteiger partial charge in [-0.2, -0.15) is 0 Å². The molecule has 122 valence electrons. The summed E-state index contributed by atoms with van der Waals surface area (Å²) < 4.78 is 15.8. The number of pyridine rings is 1. The van der Waals surface area contributed by atoms with E-state index in [0.717, 1.165) is 39.6 Å². The molecule has 0 radical (unpaired) electrons. The zero-order chi connectivity index (χ0) is 16.9. The van der Waals surface area contributed by atoms with Crippen molar-refractivity contribution in [3.05, 3.63) is 60.8 Å². The van der Waals surface area contributed by atoms with E-state index in [1.165, 1.54) is 0 Å². The van der Waals surface area contributed by atoms with Crippen molar-refractivity contribution in [3.63, 3.8) is 0 Å². The van der Waals surface area contributed by atoms with Gasteiger partial charge in [0.15, 0.2) is 0 Å². The Bertz CT molecular complexity index is 811. The molecule has 1 heterocycles. The molecular weight excluding hydrogens is 302 g/mol. The summed E-state index contributed by atoms with van der Waals surface area (Å²) in [6, 6.07) is 17.8. The fourth-order valence-corrected chi connectivity index (χ4v) is 2.53. The first-order valence-electron chi connectivity index (χ1n) is 7.58. The minimum Gasteiger partial charge on any atom is -0.497 e. The zero-order valence-electron chi connectivity index (χ0n) is 13.9. The van der Waals surface area contributed by atoms with E-state index >= 15 is 0 Å². The first-order chi connectivity index (χ1) is 11.7. The van der Waals surface area contributed by atoms with Crippen LogP contribution in [0.4, 0.5) is 0 Å². The Kier molecular flexibility index (Phi) is 4.66. The predicted molar refractivity (Wildman–Crippen MR) is 94.8 cm³/mol. The van der Waals surface area contributed by atoms with Crippen molar-refractivity contribution >= 4 is 0 Å². The Hall–Kier alpha value is -3.01. The van der Waals surface area contributed by atoms with Gasteiger partial charge in [0.1, 0.15) is 17.2 Å². The Morgan fingerprint density at radius 3 is 1.62 bits per heavy atom. The van der Waals surface area contributed by atoms with E-state index < -0.39 is 0 Å². The molecule has 0 aliphatic carbocycles. The highest BCUT2D eigenvalue weighted by Gasteiger charge is 2.11. The van der Waals surface area contributed by atoms with Crippen molar-refractivity contribution in [2.24, 2.45) is 0 Å². The van der Waals surface area contributed by atoms with Gasteiger partial charge in [0, 0.05) is 11.1 Å². The van der Waals surface area contributed by atoms with E-state index in [1.807, 2.05) is 54.6 Å². The minimum atomic E-state index is 0.720. The molecule has 4 nitrogen and oxygen atoms in total. The van der Waals surface area contributed by atoms with Crippen molar-refractivity contribution in [3.8, 4) is 39.6 Å². The molecule has 0 saturated carbocycles. The van der Waals surface area contributed by atoms with Crippen molar-refractivity contribution in [2.75, 3.05) is 21.3 Å². The van der Waals surface area contributed by atoms with Crippen LogP contribution in [-0.2, 0) is 0 Å². The van der Waals surface area contributed by atoms with Crippen LogP contribution < -0.4 is 14.2 Å². The lowest BCUT2D eigenvalue weighted by atomic mass is 9.99. The van der Waals surface area contributed by atoms with Gasteiger partial charge < -0.3 is 14.2 Å². The second kappa shape index (κ2) is 7.04. The van der Waals surface area contributed by atoms with Crippen LogP contribution >= 0.6 is 0 Å². The Balaban J connectivity index is 2.10. The van der Waals surface area contributed by atoms with Crippen LogP contribution in [0.1, 0.15) is 0 Å². The average Bonchev–Trinajstić information content (AvgIpc) is 2.67. The van der Waals surface area contributed by atoms with Crippen LogP contribution in [0.3, 0.4) is 0 Å². The second-order valence-electron chi connectivity index (χ2n) is 5.23. The number of aromatic nitrogens is 1. The van der Waals surface area contributed by atoms with Gasteiger partial charge in [-0.05, 0) is 48.0 Å². The normalized spacial score (nSPS) is 10.3. The molecule has 0 saturated heterocycles. The SMILES string of the molecule is COc1ccc(-c2cc(OC)cnc2-c2ccc(OC)cc2)cc1. The van der Waals surface area contributed by atoms with Gasteiger partial charge in [-0.25, -0.2) is 0 Å². The lowest BCUT2D eigenvalue weighted by Gasteiger charge is -2.12. The number of hydrogen-bond acceptors (Lipinski definition) is 4. The van der Waals surface area contributed by atoms with Crippen molar-refractivity contribution in [2.45, 2.75) is 0 Å². The molecule has 0 spiro atoms. The van der Waals surface area contributed by atoms with Crippen LogP contribution in [-0.4, -0.2) is 26.3 Å². The third-order valence-corrected chi connectivity index (χ3v) is 3.86. The number of benzene rings is 2. The largest absolute Gasteiger partial charge is 0.497 e. The minimum absolute atomic E-state index is 0.720. The first kappa shape index (κ1) is 15.9. The number of ether oxygens (including phenoxy) is 3. The third-order valence-electron chi connectivity index (χ3n) is 3.86. The first-order valence-corrected chi connectivity index (χ1v) is 7.58. The monoisotopic (exact) mass is 321 g/mol. The molecule has 3 aromatic rings. The highest BCUT2D eigenvalue weighted by Crippen LogP contribution is 2.34. The van der Waals surface area contributed by atoms with Gasteiger partial charge in [-0.1, -0.05) is 12.1 Å². The fraction of sp³-hybridized carbons (Fsp3) is 0.150. The smallest absolute Gasteiger partial charge is 0.137 e. The summed E-state index contributed by atoms with van der Waals surface area (Å²) in [4.78, 5) is 4.60. The van der Waals surface area contributed by atoms with E-state index in [9.17, 15) is 0 Å². The van der Waals surface area contributed by atoms with Gasteiger partial charge in [-0.15, -0.1) is 0 Å². The lowest BCUT2D eigenvalue weighted by Crippen LogP contribution is -1.93.